The minimum absolute atomic E-state index is 0.132. The first-order valence-electron chi connectivity index (χ1n) is 10.6. The van der Waals surface area contributed by atoms with Gasteiger partial charge < -0.3 is 10.8 Å². The summed E-state index contributed by atoms with van der Waals surface area (Å²) in [4.78, 5) is 27.6. The number of hydrogen-bond acceptors (Lipinski definition) is 8. The van der Waals surface area contributed by atoms with Crippen LogP contribution < -0.4 is 11.3 Å². The van der Waals surface area contributed by atoms with Crippen LogP contribution in [0.15, 0.2) is 40.8 Å². The number of nitrogens with zero attached hydrogens (tertiary/aromatic N) is 6. The summed E-state index contributed by atoms with van der Waals surface area (Å²) in [5.74, 6) is 6.28. The van der Waals surface area contributed by atoms with E-state index in [1.807, 2.05) is 43.5 Å². The first-order valence-corrected chi connectivity index (χ1v) is 11.5. The van der Waals surface area contributed by atoms with E-state index >= 15 is 0 Å². The molecule has 0 radical (unpaired) electrons. The third-order valence-electron chi connectivity index (χ3n) is 5.47. The van der Waals surface area contributed by atoms with Crippen molar-refractivity contribution in [3.63, 3.8) is 0 Å². The number of fused-ring (bicyclic) bond motifs is 2. The lowest BCUT2D eigenvalue weighted by Gasteiger charge is -2.15. The van der Waals surface area contributed by atoms with E-state index in [0.29, 0.717) is 32.8 Å². The Kier molecular flexibility index (Phi) is 5.36. The van der Waals surface area contributed by atoms with E-state index in [2.05, 4.69) is 26.9 Å². The van der Waals surface area contributed by atoms with Crippen LogP contribution in [-0.4, -0.2) is 40.5 Å². The second kappa shape index (κ2) is 8.37. The summed E-state index contributed by atoms with van der Waals surface area (Å²) in [5, 5.41) is 17.2. The molecule has 0 saturated carbocycles. The summed E-state index contributed by atoms with van der Waals surface area (Å²) in [6, 6.07) is 7.68. The molecule has 4 aromatic heterocycles. The van der Waals surface area contributed by atoms with Gasteiger partial charge in [0.1, 0.15) is 41.1 Å². The van der Waals surface area contributed by atoms with Crippen molar-refractivity contribution in [2.75, 3.05) is 5.73 Å². The summed E-state index contributed by atoms with van der Waals surface area (Å²) in [7, 11) is 0. The van der Waals surface area contributed by atoms with Crippen molar-refractivity contribution >= 4 is 38.4 Å². The molecule has 0 aliphatic carbocycles. The smallest absolute Gasteiger partial charge is 0.267 e. The molecule has 0 bridgehead atoms. The number of aliphatic hydroxyl groups excluding tert-OH is 1. The van der Waals surface area contributed by atoms with Crippen LogP contribution >= 0.6 is 11.3 Å². The minimum atomic E-state index is -0.830. The number of hydrogen-bond donors (Lipinski definition) is 2. The first kappa shape index (κ1) is 21.8. The van der Waals surface area contributed by atoms with Gasteiger partial charge in [-0.05, 0) is 49.3 Å². The lowest BCUT2D eigenvalue weighted by Crippen LogP contribution is -2.26. The van der Waals surface area contributed by atoms with Gasteiger partial charge in [-0.15, -0.1) is 11.3 Å². The zero-order valence-electron chi connectivity index (χ0n) is 18.8. The molecule has 4 heterocycles. The van der Waals surface area contributed by atoms with Gasteiger partial charge in [-0.2, -0.15) is 5.10 Å². The fraction of sp³-hybridized carbons (Fsp3) is 0.208. The van der Waals surface area contributed by atoms with Gasteiger partial charge in [-0.1, -0.05) is 24.1 Å². The summed E-state index contributed by atoms with van der Waals surface area (Å²) in [6.45, 7) is 5.59. The van der Waals surface area contributed by atoms with Crippen molar-refractivity contribution in [1.82, 2.24) is 29.3 Å². The maximum absolute atomic E-state index is 13.7. The van der Waals surface area contributed by atoms with E-state index in [1.165, 1.54) is 17.7 Å². The Labute approximate surface area is 198 Å². The molecule has 170 valence electrons. The highest BCUT2D eigenvalue weighted by molar-refractivity contribution is 7.16. The maximum Gasteiger partial charge on any atom is 0.267 e. The number of anilines is 1. The van der Waals surface area contributed by atoms with Crippen LogP contribution in [0.3, 0.4) is 0 Å². The summed E-state index contributed by atoms with van der Waals surface area (Å²) >= 11 is 1.43. The summed E-state index contributed by atoms with van der Waals surface area (Å²) < 4.78 is 3.25. The number of para-hydroxylation sites is 1. The molecule has 9 nitrogen and oxygen atoms in total. The number of aromatic nitrogens is 6. The minimum Gasteiger partial charge on any atom is -0.383 e. The number of nitrogen functional groups attached to an aromatic ring is 1. The Morgan fingerprint density at radius 1 is 1.18 bits per heavy atom. The summed E-state index contributed by atoms with van der Waals surface area (Å²) in [5.41, 5.74) is 9.39. The van der Waals surface area contributed by atoms with Crippen molar-refractivity contribution in [1.29, 1.82) is 0 Å². The quantitative estimate of drug-likeness (QED) is 0.388. The molecule has 0 amide bonds. The average molecular weight is 472 g/mol. The first-order chi connectivity index (χ1) is 16.3. The van der Waals surface area contributed by atoms with E-state index < -0.39 is 6.10 Å². The van der Waals surface area contributed by atoms with Gasteiger partial charge in [0.2, 0.25) is 0 Å². The lowest BCUT2D eigenvalue weighted by atomic mass is 10.2. The van der Waals surface area contributed by atoms with Crippen molar-refractivity contribution in [3.05, 3.63) is 69.0 Å². The SMILES string of the molecule is Cc1ccccc1-n1c(Cn2nc(C#CC(C)O)c3c(N)ncnc32)nc2scc(C)c2c1=O. The van der Waals surface area contributed by atoms with Crippen LogP contribution in [0.5, 0.6) is 0 Å². The molecule has 0 fully saturated rings. The molecule has 0 spiro atoms. The van der Waals surface area contributed by atoms with Crippen LogP contribution in [0.25, 0.3) is 26.9 Å². The number of benzene rings is 1. The third-order valence-corrected chi connectivity index (χ3v) is 6.46. The van der Waals surface area contributed by atoms with E-state index in [-0.39, 0.29) is 17.9 Å². The molecule has 1 unspecified atom stereocenters. The fourth-order valence-electron chi connectivity index (χ4n) is 3.87. The van der Waals surface area contributed by atoms with Crippen LogP contribution in [0.2, 0.25) is 0 Å². The summed E-state index contributed by atoms with van der Waals surface area (Å²) in [6.07, 6.45) is 0.526. The molecular weight excluding hydrogens is 450 g/mol. The van der Waals surface area contributed by atoms with Crippen molar-refractivity contribution < 1.29 is 5.11 Å². The monoisotopic (exact) mass is 471 g/mol. The van der Waals surface area contributed by atoms with Gasteiger partial charge in [-0.25, -0.2) is 19.6 Å². The van der Waals surface area contributed by atoms with Gasteiger partial charge in [0.05, 0.1) is 16.5 Å². The number of nitrogens with two attached hydrogens (primary N) is 1. The number of aliphatic hydroxyl groups is 1. The largest absolute Gasteiger partial charge is 0.383 e. The van der Waals surface area contributed by atoms with Crippen molar-refractivity contribution in [2.45, 2.75) is 33.4 Å². The molecule has 0 aliphatic heterocycles. The maximum atomic E-state index is 13.7. The Balaban J connectivity index is 1.77. The fourth-order valence-corrected chi connectivity index (χ4v) is 4.80. The van der Waals surface area contributed by atoms with Gasteiger partial charge in [0.25, 0.3) is 5.56 Å². The van der Waals surface area contributed by atoms with Crippen LogP contribution in [0.4, 0.5) is 5.82 Å². The molecule has 0 saturated heterocycles. The van der Waals surface area contributed by atoms with Gasteiger partial charge in [0, 0.05) is 0 Å². The molecule has 1 atom stereocenters. The molecule has 5 aromatic rings. The molecule has 3 N–H and O–H groups in total. The highest BCUT2D eigenvalue weighted by Crippen LogP contribution is 2.25. The third kappa shape index (κ3) is 3.61. The van der Waals surface area contributed by atoms with Crippen molar-refractivity contribution in [2.24, 2.45) is 0 Å². The molecular formula is C24H21N7O2S. The standard InChI is InChI=1S/C24H21N7O2S/c1-13-6-4-5-7-17(13)31-18(28-23-19(24(31)33)14(2)11-34-23)10-30-22-20(21(25)26-12-27-22)16(29-30)9-8-15(3)32/h4-7,11-12,15,32H,10H2,1-3H3,(H2,25,26,27). The molecule has 5 rings (SSSR count). The second-order valence-corrected chi connectivity index (χ2v) is 8.82. The highest BCUT2D eigenvalue weighted by atomic mass is 32.1. The van der Waals surface area contributed by atoms with E-state index in [0.717, 1.165) is 16.8 Å². The normalized spacial score (nSPS) is 12.1. The van der Waals surface area contributed by atoms with E-state index in [4.69, 9.17) is 10.7 Å². The van der Waals surface area contributed by atoms with Crippen LogP contribution in [-0.2, 0) is 6.54 Å². The van der Waals surface area contributed by atoms with E-state index in [1.54, 1.807) is 16.2 Å². The Morgan fingerprint density at radius 3 is 2.74 bits per heavy atom. The Hall–Kier alpha value is -4.07. The topological polar surface area (TPSA) is 125 Å². The predicted molar refractivity (Wildman–Crippen MR) is 132 cm³/mol. The molecule has 0 aliphatic rings. The van der Waals surface area contributed by atoms with Gasteiger partial charge in [-0.3, -0.25) is 9.36 Å². The van der Waals surface area contributed by atoms with Crippen molar-refractivity contribution in [3.8, 4) is 17.5 Å². The van der Waals surface area contributed by atoms with Crippen LogP contribution in [0, 0.1) is 25.7 Å². The van der Waals surface area contributed by atoms with Gasteiger partial charge in [0.15, 0.2) is 5.65 Å². The van der Waals surface area contributed by atoms with E-state index in [9.17, 15) is 9.90 Å². The molecule has 10 heteroatoms. The Morgan fingerprint density at radius 2 is 1.97 bits per heavy atom. The molecule has 34 heavy (non-hydrogen) atoms. The average Bonchev–Trinajstić information content (AvgIpc) is 3.35. The zero-order chi connectivity index (χ0) is 24.0. The molecule has 1 aromatic carbocycles. The predicted octanol–water partition coefficient (Wildman–Crippen LogP) is 2.57. The number of thiophene rings is 1. The second-order valence-electron chi connectivity index (χ2n) is 7.96. The van der Waals surface area contributed by atoms with Crippen LogP contribution in [0.1, 0.15) is 29.6 Å². The number of aryl methyl sites for hydroxylation is 2. The zero-order valence-corrected chi connectivity index (χ0v) is 19.6. The highest BCUT2D eigenvalue weighted by Gasteiger charge is 2.20. The van der Waals surface area contributed by atoms with Gasteiger partial charge >= 0.3 is 0 Å². The number of rotatable bonds is 3. The Bertz CT molecular complexity index is 1690. The lowest BCUT2D eigenvalue weighted by molar-refractivity contribution is 0.253.